The lowest BCUT2D eigenvalue weighted by Crippen LogP contribution is -2.81. The van der Waals surface area contributed by atoms with Crippen LogP contribution in [0.3, 0.4) is 0 Å². The average molecular weight is 632 g/mol. The molecule has 3 N–H and O–H groups in total. The minimum Gasteiger partial charge on any atom is -0.455 e. The normalized spacial score (nSPS) is 50.7. The predicted molar refractivity (Wildman–Crippen MR) is 156 cm³/mol. The van der Waals surface area contributed by atoms with Gasteiger partial charge in [-0.1, -0.05) is 18.2 Å². The van der Waals surface area contributed by atoms with Gasteiger partial charge in [-0.05, 0) is 31.5 Å². The van der Waals surface area contributed by atoms with Crippen molar-refractivity contribution in [2.24, 2.45) is 34.5 Å². The molecule has 1 heterocycles. The van der Waals surface area contributed by atoms with Crippen molar-refractivity contribution in [3.05, 3.63) is 35.9 Å². The molecule has 1 saturated heterocycles. The van der Waals surface area contributed by atoms with E-state index in [-0.39, 0.29) is 25.0 Å². The first-order chi connectivity index (χ1) is 21.4. The van der Waals surface area contributed by atoms with E-state index < -0.39 is 88.3 Å². The zero-order valence-corrected chi connectivity index (χ0v) is 26.6. The fourth-order valence-electron chi connectivity index (χ4n) is 12.2. The van der Waals surface area contributed by atoms with Crippen LogP contribution in [0.4, 0.5) is 0 Å². The summed E-state index contributed by atoms with van der Waals surface area (Å²) in [4.78, 5) is 29.1. The summed E-state index contributed by atoms with van der Waals surface area (Å²) < 4.78 is 37.2. The second-order valence-corrected chi connectivity index (χ2v) is 14.3. The van der Waals surface area contributed by atoms with Crippen LogP contribution in [0.1, 0.15) is 30.1 Å². The number of benzene rings is 1. The molecule has 0 radical (unpaired) electrons. The van der Waals surface area contributed by atoms with Gasteiger partial charge in [-0.3, -0.25) is 4.79 Å². The molecule has 6 fully saturated rings. The van der Waals surface area contributed by atoms with Gasteiger partial charge in [-0.15, -0.1) is 0 Å². The maximum Gasteiger partial charge on any atom is 0.338 e. The van der Waals surface area contributed by atoms with Crippen molar-refractivity contribution >= 4 is 11.9 Å². The number of carbonyl (C=O) groups is 2. The van der Waals surface area contributed by atoms with Gasteiger partial charge in [0.05, 0.1) is 30.5 Å². The van der Waals surface area contributed by atoms with Crippen LogP contribution in [0, 0.1) is 34.5 Å². The Balaban J connectivity index is 1.52. The number of aliphatic hydroxyl groups excluding tert-OH is 2. The smallest absolute Gasteiger partial charge is 0.338 e. The molecule has 12 heteroatoms. The Bertz CT molecular complexity index is 1350. The summed E-state index contributed by atoms with van der Waals surface area (Å²) in [5.41, 5.74) is -4.79. The highest BCUT2D eigenvalue weighted by atomic mass is 16.6. The number of rotatable bonds is 8. The van der Waals surface area contributed by atoms with Crippen molar-refractivity contribution in [3.8, 4) is 0 Å². The molecule has 7 rings (SSSR count). The molecule has 45 heavy (non-hydrogen) atoms. The summed E-state index contributed by atoms with van der Waals surface area (Å²) in [6.07, 6.45) is -5.50. The van der Waals surface area contributed by atoms with Gasteiger partial charge in [0.15, 0.2) is 5.60 Å². The highest BCUT2D eigenvalue weighted by molar-refractivity contribution is 5.89. The van der Waals surface area contributed by atoms with Crippen LogP contribution in [0.2, 0.25) is 0 Å². The number of ether oxygens (including phenoxy) is 6. The van der Waals surface area contributed by atoms with E-state index in [1.54, 1.807) is 51.7 Å². The number of nitrogens with zero attached hydrogens (tertiary/aromatic N) is 1. The second kappa shape index (κ2) is 10.4. The molecular formula is C33H45NO11. The summed E-state index contributed by atoms with van der Waals surface area (Å²) >= 11 is 0. The lowest BCUT2D eigenvalue weighted by molar-refractivity contribution is -0.321. The van der Waals surface area contributed by atoms with Crippen LogP contribution < -0.4 is 0 Å². The number of esters is 2. The average Bonchev–Trinajstić information content (AvgIpc) is 3.40. The fourth-order valence-corrected chi connectivity index (χ4v) is 12.2. The molecule has 7 bridgehead atoms. The summed E-state index contributed by atoms with van der Waals surface area (Å²) in [5, 5.41) is 37.0. The van der Waals surface area contributed by atoms with Crippen LogP contribution in [0.25, 0.3) is 0 Å². The van der Waals surface area contributed by atoms with Gasteiger partial charge in [-0.2, -0.15) is 0 Å². The monoisotopic (exact) mass is 631 g/mol. The highest BCUT2D eigenvalue weighted by Crippen LogP contribution is 2.80. The molecule has 6 aliphatic rings. The summed E-state index contributed by atoms with van der Waals surface area (Å²) in [7, 11) is 8.20. The van der Waals surface area contributed by atoms with Crippen molar-refractivity contribution in [3.63, 3.8) is 0 Å². The molecule has 5 aliphatic carbocycles. The summed E-state index contributed by atoms with van der Waals surface area (Å²) in [6, 6.07) is 8.15. The third-order valence-corrected chi connectivity index (χ3v) is 12.9. The number of fused-ring (bicyclic) bond motifs is 2. The number of aliphatic hydroxyl groups is 3. The maximum atomic E-state index is 13.7. The van der Waals surface area contributed by atoms with E-state index in [2.05, 4.69) is 4.90 Å². The quantitative estimate of drug-likeness (QED) is 0.337. The zero-order chi connectivity index (χ0) is 32.3. The fraction of sp³-hybridized carbons (Fsp3) is 0.758. The first kappa shape index (κ1) is 31.4. The van der Waals surface area contributed by atoms with Gasteiger partial charge in [0.25, 0.3) is 0 Å². The van der Waals surface area contributed by atoms with Crippen molar-refractivity contribution in [1.29, 1.82) is 0 Å². The van der Waals surface area contributed by atoms with Crippen LogP contribution in [-0.4, -0.2) is 135 Å². The number of hydrogen-bond acceptors (Lipinski definition) is 12. The SMILES string of the molecule is COC[C@]12CN(C)C3C4[C@H](OC)[C@H]1[C@@]3([C@@H](OC)C[C@H]2O)[C@@H]1C[C@@]2(O)[C@H](OC(=O)c3ccccc3)[C@@H]1[C@]4(OC(C)=O)[C@@H](O)[C@@H]2OC. The van der Waals surface area contributed by atoms with Crippen molar-refractivity contribution in [1.82, 2.24) is 4.90 Å². The molecule has 2 unspecified atom stereocenters. The molecule has 0 amide bonds. The zero-order valence-electron chi connectivity index (χ0n) is 26.6. The Hall–Kier alpha value is -2.16. The predicted octanol–water partition coefficient (Wildman–Crippen LogP) is 0.258. The van der Waals surface area contributed by atoms with Gasteiger partial charge in [0.2, 0.25) is 0 Å². The molecule has 15 atom stereocenters. The van der Waals surface area contributed by atoms with Crippen molar-refractivity contribution in [2.45, 2.75) is 73.6 Å². The van der Waals surface area contributed by atoms with Gasteiger partial charge in [0, 0.05) is 83.0 Å². The first-order valence-electron chi connectivity index (χ1n) is 15.8. The first-order valence-corrected chi connectivity index (χ1v) is 15.8. The van der Waals surface area contributed by atoms with E-state index >= 15 is 0 Å². The van der Waals surface area contributed by atoms with Gasteiger partial charge in [0.1, 0.15) is 23.9 Å². The van der Waals surface area contributed by atoms with E-state index in [4.69, 9.17) is 28.4 Å². The topological polar surface area (TPSA) is 153 Å². The van der Waals surface area contributed by atoms with Crippen molar-refractivity contribution < 1.29 is 53.3 Å². The minimum absolute atomic E-state index is 0.0754. The number of carbonyl (C=O) groups excluding carboxylic acids is 2. The van der Waals surface area contributed by atoms with E-state index in [1.165, 1.54) is 14.0 Å². The van der Waals surface area contributed by atoms with E-state index in [9.17, 15) is 24.9 Å². The highest BCUT2D eigenvalue weighted by Gasteiger charge is 2.92. The van der Waals surface area contributed by atoms with E-state index in [1.807, 2.05) is 7.05 Å². The van der Waals surface area contributed by atoms with Crippen LogP contribution >= 0.6 is 0 Å². The van der Waals surface area contributed by atoms with Crippen LogP contribution in [0.5, 0.6) is 0 Å². The Morgan fingerprint density at radius 2 is 1.71 bits per heavy atom. The van der Waals surface area contributed by atoms with Crippen molar-refractivity contribution in [2.75, 3.05) is 48.6 Å². The Morgan fingerprint density at radius 3 is 2.31 bits per heavy atom. The molecule has 1 aliphatic heterocycles. The summed E-state index contributed by atoms with van der Waals surface area (Å²) in [5.74, 6) is -3.66. The number of hydrogen-bond donors (Lipinski definition) is 3. The number of methoxy groups -OCH3 is 4. The molecule has 12 nitrogen and oxygen atoms in total. The standard InChI is InChI=1S/C33H45NO11/c1-16(35)45-33-21-18(13-31(39,28(43-6)26(33)37)27(21)44-29(38)17-10-8-7-9-11-17)32-20(41-4)12-19(36)30(15-40-3)14-34(2)25(32)22(33)23(42-5)24(30)32/h7-11,18-28,36-37,39H,12-15H2,1-6H3/t18-,19-,20+,21-,22?,23+,24-,25?,26+,27-,28+,30+,31-,32+,33-/m1/s1. The summed E-state index contributed by atoms with van der Waals surface area (Å²) in [6.45, 7) is 2.00. The van der Waals surface area contributed by atoms with Gasteiger partial charge < -0.3 is 48.6 Å². The molecule has 0 aromatic heterocycles. The molecular weight excluding hydrogens is 586 g/mol. The third-order valence-electron chi connectivity index (χ3n) is 12.9. The molecule has 248 valence electrons. The molecule has 1 spiro atoms. The Kier molecular flexibility index (Phi) is 7.28. The Labute approximate surface area is 262 Å². The van der Waals surface area contributed by atoms with E-state index in [0.717, 1.165) is 0 Å². The van der Waals surface area contributed by atoms with Crippen LogP contribution in [0.15, 0.2) is 30.3 Å². The van der Waals surface area contributed by atoms with Crippen LogP contribution in [-0.2, 0) is 33.2 Å². The third kappa shape index (κ3) is 3.55. The Morgan fingerprint density at radius 1 is 1.00 bits per heavy atom. The number of piperidine rings is 1. The molecule has 5 saturated carbocycles. The van der Waals surface area contributed by atoms with Gasteiger partial charge in [-0.25, -0.2) is 4.79 Å². The molecule has 1 aromatic rings. The maximum absolute atomic E-state index is 13.7. The number of likely N-dealkylation sites (tertiary alicyclic amines) is 1. The minimum atomic E-state index is -1.83. The molecule has 1 aromatic carbocycles. The largest absolute Gasteiger partial charge is 0.455 e. The second-order valence-electron chi connectivity index (χ2n) is 14.3. The lowest BCUT2D eigenvalue weighted by atomic mass is 9.42. The lowest BCUT2D eigenvalue weighted by Gasteiger charge is -2.70. The van der Waals surface area contributed by atoms with Gasteiger partial charge >= 0.3 is 11.9 Å². The van der Waals surface area contributed by atoms with E-state index in [0.29, 0.717) is 18.5 Å².